The Labute approximate surface area is 149 Å². The number of hydrogen-bond acceptors (Lipinski definition) is 6. The van der Waals surface area contributed by atoms with Crippen LogP contribution >= 0.6 is 23.5 Å². The van der Waals surface area contributed by atoms with Crippen molar-refractivity contribution in [1.82, 2.24) is 0 Å². The Morgan fingerprint density at radius 3 is 2.44 bits per heavy atom. The molecular formula is C14H17F5O4S2. The molecule has 25 heavy (non-hydrogen) atoms. The van der Waals surface area contributed by atoms with Crippen LogP contribution in [-0.4, -0.2) is 51.8 Å². The molecule has 0 aromatic rings. The van der Waals surface area contributed by atoms with Gasteiger partial charge in [-0.1, -0.05) is 6.42 Å². The van der Waals surface area contributed by atoms with Gasteiger partial charge in [0.05, 0.1) is 4.08 Å². The summed E-state index contributed by atoms with van der Waals surface area (Å²) in [7, 11) is 0. The van der Waals surface area contributed by atoms with Gasteiger partial charge < -0.3 is 9.47 Å². The van der Waals surface area contributed by atoms with Gasteiger partial charge in [-0.15, -0.1) is 23.5 Å². The molecule has 1 aliphatic carbocycles. The summed E-state index contributed by atoms with van der Waals surface area (Å²) in [6.45, 7) is 0.0293. The zero-order valence-electron chi connectivity index (χ0n) is 13.2. The summed E-state index contributed by atoms with van der Waals surface area (Å²) in [5, 5.41) is -0.419. The number of ether oxygens (including phenoxy) is 2. The lowest BCUT2D eigenvalue weighted by molar-refractivity contribution is -0.199. The Hall–Kier alpha value is -0.710. The molecule has 3 unspecified atom stereocenters. The van der Waals surface area contributed by atoms with Crippen LogP contribution in [0.25, 0.3) is 0 Å². The summed E-state index contributed by atoms with van der Waals surface area (Å²) >= 11 is 2.61. The monoisotopic (exact) mass is 408 g/mol. The van der Waals surface area contributed by atoms with E-state index >= 15 is 0 Å². The molecule has 0 bridgehead atoms. The minimum Gasteiger partial charge on any atom is -0.458 e. The van der Waals surface area contributed by atoms with E-state index in [1.165, 1.54) is 23.5 Å². The first kappa shape index (κ1) is 20.6. The van der Waals surface area contributed by atoms with Crippen molar-refractivity contribution in [1.29, 1.82) is 0 Å². The molecule has 0 radical (unpaired) electrons. The van der Waals surface area contributed by atoms with E-state index < -0.39 is 46.1 Å². The van der Waals surface area contributed by atoms with Gasteiger partial charge in [0.1, 0.15) is 12.7 Å². The third-order valence-corrected chi connectivity index (χ3v) is 7.73. The zero-order valence-corrected chi connectivity index (χ0v) is 14.9. The molecule has 0 aromatic heterocycles. The van der Waals surface area contributed by atoms with E-state index in [0.717, 1.165) is 6.42 Å². The van der Waals surface area contributed by atoms with Gasteiger partial charge in [-0.2, -0.15) is 22.0 Å². The van der Waals surface area contributed by atoms with Gasteiger partial charge in [-0.05, 0) is 19.3 Å². The fourth-order valence-electron chi connectivity index (χ4n) is 2.68. The molecule has 1 aliphatic heterocycles. The molecule has 0 aromatic carbocycles. The number of halogens is 5. The molecule has 4 nitrogen and oxygen atoms in total. The summed E-state index contributed by atoms with van der Waals surface area (Å²) < 4.78 is 71.3. The molecule has 1 saturated heterocycles. The second kappa shape index (κ2) is 7.50. The summed E-state index contributed by atoms with van der Waals surface area (Å²) in [5.74, 6) is -7.08. The van der Waals surface area contributed by atoms with E-state index in [2.05, 4.69) is 4.74 Å². The first-order valence-corrected chi connectivity index (χ1v) is 9.45. The first-order chi connectivity index (χ1) is 11.4. The number of carbonyl (C=O) groups excluding carboxylic acids is 2. The minimum atomic E-state index is -5.05. The number of alkyl halides is 5. The lowest BCUT2D eigenvalue weighted by Gasteiger charge is -2.39. The van der Waals surface area contributed by atoms with Crippen LogP contribution in [0.15, 0.2) is 0 Å². The van der Waals surface area contributed by atoms with Crippen molar-refractivity contribution in [3.63, 3.8) is 0 Å². The third-order valence-electron chi connectivity index (χ3n) is 3.85. The maximum Gasteiger partial charge on any atom is 0.490 e. The predicted molar refractivity (Wildman–Crippen MR) is 82.6 cm³/mol. The Bertz CT molecular complexity index is 522. The van der Waals surface area contributed by atoms with Gasteiger partial charge >= 0.3 is 24.0 Å². The molecule has 2 aliphatic rings. The van der Waals surface area contributed by atoms with E-state index in [0.29, 0.717) is 31.9 Å². The van der Waals surface area contributed by atoms with Gasteiger partial charge in [0.15, 0.2) is 0 Å². The predicted octanol–water partition coefficient (Wildman–Crippen LogP) is 3.78. The Kier molecular flexibility index (Phi) is 6.18. The quantitative estimate of drug-likeness (QED) is 0.521. The highest BCUT2D eigenvalue weighted by molar-refractivity contribution is 8.21. The van der Waals surface area contributed by atoms with Gasteiger partial charge in [-0.3, -0.25) is 0 Å². The van der Waals surface area contributed by atoms with Crippen LogP contribution in [0.1, 0.15) is 32.6 Å². The van der Waals surface area contributed by atoms with Gasteiger partial charge in [-0.25, -0.2) is 9.59 Å². The smallest absolute Gasteiger partial charge is 0.458 e. The van der Waals surface area contributed by atoms with Crippen LogP contribution < -0.4 is 0 Å². The van der Waals surface area contributed by atoms with Crippen molar-refractivity contribution in [2.75, 3.05) is 12.4 Å². The van der Waals surface area contributed by atoms with E-state index in [-0.39, 0.29) is 0 Å². The maximum atomic E-state index is 13.1. The standard InChI is InChI=1S/C14H17F5O4S2/c1-12(15,16)10(20)23-9-4-2-3-5-13(9)24-7-8(25-13)6-22-11(21)14(17,18)19/h8-9H,2-7H2,1H3. The highest BCUT2D eigenvalue weighted by Gasteiger charge is 2.52. The van der Waals surface area contributed by atoms with Crippen molar-refractivity contribution in [2.24, 2.45) is 0 Å². The van der Waals surface area contributed by atoms with E-state index in [9.17, 15) is 31.5 Å². The molecule has 2 rings (SSSR count). The average molecular weight is 408 g/mol. The van der Waals surface area contributed by atoms with Gasteiger partial charge in [0.25, 0.3) is 0 Å². The van der Waals surface area contributed by atoms with Crippen LogP contribution in [0.3, 0.4) is 0 Å². The molecule has 144 valence electrons. The summed E-state index contributed by atoms with van der Waals surface area (Å²) in [5.41, 5.74) is 0. The zero-order chi connectivity index (χ0) is 18.9. The topological polar surface area (TPSA) is 52.6 Å². The molecule has 3 atom stereocenters. The van der Waals surface area contributed by atoms with Crippen molar-refractivity contribution in [3.05, 3.63) is 0 Å². The number of carbonyl (C=O) groups is 2. The second-order valence-electron chi connectivity index (χ2n) is 5.99. The molecule has 2 fully saturated rings. The Morgan fingerprint density at radius 2 is 1.84 bits per heavy atom. The Balaban J connectivity index is 1.97. The van der Waals surface area contributed by atoms with E-state index in [4.69, 9.17) is 4.74 Å². The number of hydrogen-bond donors (Lipinski definition) is 0. The lowest BCUT2D eigenvalue weighted by atomic mass is 9.96. The normalized spacial score (nSPS) is 30.3. The molecule has 0 amide bonds. The number of thioether (sulfide) groups is 2. The van der Waals surface area contributed by atoms with Crippen LogP contribution in [0.4, 0.5) is 22.0 Å². The van der Waals surface area contributed by atoms with Crippen LogP contribution in [0, 0.1) is 0 Å². The fraction of sp³-hybridized carbons (Fsp3) is 0.857. The summed E-state index contributed by atoms with van der Waals surface area (Å²) in [6.07, 6.45) is -3.30. The van der Waals surface area contributed by atoms with E-state index in [1.807, 2.05) is 0 Å². The van der Waals surface area contributed by atoms with E-state index in [1.54, 1.807) is 0 Å². The lowest BCUT2D eigenvalue weighted by Crippen LogP contribution is -2.44. The number of esters is 2. The minimum absolute atomic E-state index is 0.381. The molecule has 11 heteroatoms. The maximum absolute atomic E-state index is 13.1. The average Bonchev–Trinajstić information content (AvgIpc) is 2.89. The highest BCUT2D eigenvalue weighted by atomic mass is 32.2. The fourth-order valence-corrected chi connectivity index (χ4v) is 6.53. The third kappa shape index (κ3) is 5.15. The summed E-state index contributed by atoms with van der Waals surface area (Å²) in [4.78, 5) is 22.3. The summed E-state index contributed by atoms with van der Waals surface area (Å²) in [6, 6.07) is 0. The Morgan fingerprint density at radius 1 is 1.16 bits per heavy atom. The second-order valence-corrected chi connectivity index (χ2v) is 9.23. The van der Waals surface area contributed by atoms with Crippen LogP contribution in [0.5, 0.6) is 0 Å². The SMILES string of the molecule is CC(F)(F)C(=O)OC1CCCCC12SCC(COC(=O)C(F)(F)F)S2. The van der Waals surface area contributed by atoms with Gasteiger partial charge in [0.2, 0.25) is 0 Å². The van der Waals surface area contributed by atoms with Crippen molar-refractivity contribution >= 4 is 35.5 Å². The van der Waals surface area contributed by atoms with Gasteiger partial charge in [0, 0.05) is 17.9 Å². The largest absolute Gasteiger partial charge is 0.490 e. The number of rotatable bonds is 4. The molecule has 0 N–H and O–H groups in total. The van der Waals surface area contributed by atoms with Crippen molar-refractivity contribution in [3.8, 4) is 0 Å². The van der Waals surface area contributed by atoms with Crippen LogP contribution in [0.2, 0.25) is 0 Å². The first-order valence-electron chi connectivity index (χ1n) is 7.59. The molecule has 1 spiro atoms. The molecule has 1 saturated carbocycles. The van der Waals surface area contributed by atoms with Crippen molar-refractivity contribution < 1.29 is 41.0 Å². The van der Waals surface area contributed by atoms with Crippen molar-refractivity contribution in [2.45, 2.75) is 60.1 Å². The van der Waals surface area contributed by atoms with Crippen LogP contribution in [-0.2, 0) is 19.1 Å². The molecule has 1 heterocycles. The molecular weight excluding hydrogens is 391 g/mol. The highest BCUT2D eigenvalue weighted by Crippen LogP contribution is 2.57.